The van der Waals surface area contributed by atoms with Crippen molar-refractivity contribution in [2.75, 3.05) is 19.5 Å². The number of aromatic nitrogens is 3. The third kappa shape index (κ3) is 5.68. The summed E-state index contributed by atoms with van der Waals surface area (Å²) < 4.78 is 51.3. The zero-order chi connectivity index (χ0) is 25.0. The number of rotatable bonds is 8. The standard InChI is InChI=1S/C24H21F3N4O3S/c1-33-19-9-8-17(12-20(19)34-2)29-21(32)13-31-22-18(7-4-10-28-22)30-23(31)35-14-15-5-3-6-16(11-15)24(25,26)27/h3-12H,13-14H2,1-2H3,(H,29,32). The summed E-state index contributed by atoms with van der Waals surface area (Å²) >= 11 is 1.23. The number of imidazole rings is 1. The first kappa shape index (κ1) is 24.4. The highest BCUT2D eigenvalue weighted by molar-refractivity contribution is 7.98. The van der Waals surface area contributed by atoms with Gasteiger partial charge in [-0.15, -0.1) is 0 Å². The van der Waals surface area contributed by atoms with Crippen molar-refractivity contribution in [2.45, 2.75) is 23.6 Å². The van der Waals surface area contributed by atoms with Crippen molar-refractivity contribution in [1.82, 2.24) is 14.5 Å². The lowest BCUT2D eigenvalue weighted by molar-refractivity contribution is -0.137. The summed E-state index contributed by atoms with van der Waals surface area (Å²) in [6.07, 6.45) is -2.83. The minimum absolute atomic E-state index is 0.0905. The Bertz CT molecular complexity index is 1360. The van der Waals surface area contributed by atoms with E-state index in [0.717, 1.165) is 12.1 Å². The fraction of sp³-hybridized carbons (Fsp3) is 0.208. The number of benzene rings is 2. The van der Waals surface area contributed by atoms with Crippen molar-refractivity contribution >= 4 is 34.5 Å². The van der Waals surface area contributed by atoms with Crippen molar-refractivity contribution < 1.29 is 27.4 Å². The Labute approximate surface area is 203 Å². The quantitative estimate of drug-likeness (QED) is 0.325. The molecule has 182 valence electrons. The number of halogens is 3. The van der Waals surface area contributed by atoms with Gasteiger partial charge >= 0.3 is 6.18 Å². The van der Waals surface area contributed by atoms with Gasteiger partial charge in [-0.2, -0.15) is 13.2 Å². The van der Waals surface area contributed by atoms with Crippen LogP contribution in [0.5, 0.6) is 11.5 Å². The SMILES string of the molecule is COc1ccc(NC(=O)Cn2c(SCc3cccc(C(F)(F)F)c3)nc3cccnc32)cc1OC. The maximum Gasteiger partial charge on any atom is 0.416 e. The van der Waals surface area contributed by atoms with Gasteiger partial charge in [-0.25, -0.2) is 9.97 Å². The number of alkyl halides is 3. The lowest BCUT2D eigenvalue weighted by Crippen LogP contribution is -2.19. The molecule has 0 spiro atoms. The van der Waals surface area contributed by atoms with Crippen molar-refractivity contribution in [3.63, 3.8) is 0 Å². The van der Waals surface area contributed by atoms with Crippen molar-refractivity contribution in [3.8, 4) is 11.5 Å². The molecule has 0 unspecified atom stereocenters. The summed E-state index contributed by atoms with van der Waals surface area (Å²) in [5.41, 5.74) is 1.38. The highest BCUT2D eigenvalue weighted by atomic mass is 32.2. The molecule has 1 N–H and O–H groups in total. The fourth-order valence-corrected chi connectivity index (χ4v) is 4.38. The van der Waals surface area contributed by atoms with Gasteiger partial charge in [0, 0.05) is 23.7 Å². The van der Waals surface area contributed by atoms with Crippen LogP contribution in [-0.2, 0) is 23.3 Å². The molecule has 0 aliphatic rings. The molecule has 0 fully saturated rings. The molecule has 0 bridgehead atoms. The van der Waals surface area contributed by atoms with Crippen LogP contribution in [0.1, 0.15) is 11.1 Å². The number of ether oxygens (including phenoxy) is 2. The lowest BCUT2D eigenvalue weighted by atomic mass is 10.1. The molecule has 0 atom stereocenters. The first-order valence-corrected chi connectivity index (χ1v) is 11.4. The molecule has 4 rings (SSSR count). The molecule has 0 saturated heterocycles. The number of anilines is 1. The third-order valence-corrected chi connectivity index (χ3v) is 6.11. The van der Waals surface area contributed by atoms with E-state index in [9.17, 15) is 18.0 Å². The molecule has 7 nitrogen and oxygen atoms in total. The van der Waals surface area contributed by atoms with Crippen LogP contribution in [0.2, 0.25) is 0 Å². The van der Waals surface area contributed by atoms with E-state index in [2.05, 4.69) is 15.3 Å². The summed E-state index contributed by atoms with van der Waals surface area (Å²) in [7, 11) is 3.02. The molecular weight excluding hydrogens is 481 g/mol. The zero-order valence-corrected chi connectivity index (χ0v) is 19.6. The second-order valence-corrected chi connectivity index (χ2v) is 8.37. The Morgan fingerprint density at radius 3 is 2.60 bits per heavy atom. The first-order valence-electron chi connectivity index (χ1n) is 10.4. The van der Waals surface area contributed by atoms with E-state index < -0.39 is 11.7 Å². The second-order valence-electron chi connectivity index (χ2n) is 7.43. The van der Waals surface area contributed by atoms with Gasteiger partial charge in [0.1, 0.15) is 12.1 Å². The van der Waals surface area contributed by atoms with Gasteiger partial charge in [0.15, 0.2) is 22.3 Å². The molecule has 0 aliphatic carbocycles. The van der Waals surface area contributed by atoms with Gasteiger partial charge in [0.25, 0.3) is 0 Å². The molecule has 0 radical (unpaired) electrons. The smallest absolute Gasteiger partial charge is 0.416 e. The second kappa shape index (κ2) is 10.3. The Morgan fingerprint density at radius 2 is 1.86 bits per heavy atom. The van der Waals surface area contributed by atoms with Gasteiger partial charge < -0.3 is 14.8 Å². The van der Waals surface area contributed by atoms with Gasteiger partial charge in [-0.3, -0.25) is 9.36 Å². The Kier molecular flexibility index (Phi) is 7.15. The van der Waals surface area contributed by atoms with Crippen LogP contribution in [-0.4, -0.2) is 34.7 Å². The Morgan fingerprint density at radius 1 is 1.06 bits per heavy atom. The van der Waals surface area contributed by atoms with Crippen LogP contribution < -0.4 is 14.8 Å². The number of carbonyl (C=O) groups is 1. The van der Waals surface area contributed by atoms with Crippen LogP contribution in [0.3, 0.4) is 0 Å². The number of amides is 1. The number of hydrogen-bond donors (Lipinski definition) is 1. The number of pyridine rings is 1. The topological polar surface area (TPSA) is 78.3 Å². The minimum atomic E-state index is -4.42. The van der Waals surface area contributed by atoms with Crippen molar-refractivity contribution in [2.24, 2.45) is 0 Å². The molecule has 2 aromatic carbocycles. The molecule has 11 heteroatoms. The summed E-state index contributed by atoms with van der Waals surface area (Å²) in [5.74, 6) is 0.911. The monoisotopic (exact) mass is 502 g/mol. The van der Waals surface area contributed by atoms with Crippen LogP contribution in [0.4, 0.5) is 18.9 Å². The van der Waals surface area contributed by atoms with Crippen molar-refractivity contribution in [1.29, 1.82) is 0 Å². The molecular formula is C24H21F3N4O3S. The average Bonchev–Trinajstić information content (AvgIpc) is 3.19. The van der Waals surface area contributed by atoms with Crippen LogP contribution in [0.15, 0.2) is 66.0 Å². The summed E-state index contributed by atoms with van der Waals surface area (Å²) in [5, 5.41) is 3.28. The highest BCUT2D eigenvalue weighted by Crippen LogP contribution is 2.32. The van der Waals surface area contributed by atoms with Gasteiger partial charge in [-0.05, 0) is 35.9 Å². The molecule has 2 heterocycles. The van der Waals surface area contributed by atoms with Gasteiger partial charge in [0.2, 0.25) is 5.91 Å². The Balaban J connectivity index is 1.55. The summed E-state index contributed by atoms with van der Waals surface area (Å²) in [4.78, 5) is 21.7. The number of carbonyl (C=O) groups excluding carboxylic acids is 1. The molecule has 4 aromatic rings. The predicted octanol–water partition coefficient (Wildman–Crippen LogP) is 5.40. The van der Waals surface area contributed by atoms with Crippen LogP contribution in [0.25, 0.3) is 11.2 Å². The number of fused-ring (bicyclic) bond motifs is 1. The summed E-state index contributed by atoms with van der Waals surface area (Å²) in [6, 6.07) is 13.6. The number of nitrogens with zero attached hydrogens (tertiary/aromatic N) is 3. The number of nitrogens with one attached hydrogen (secondary N) is 1. The maximum absolute atomic E-state index is 13.1. The first-order chi connectivity index (χ1) is 16.8. The van der Waals surface area contributed by atoms with Gasteiger partial charge in [-0.1, -0.05) is 30.0 Å². The van der Waals surface area contributed by atoms with E-state index in [1.54, 1.807) is 47.2 Å². The lowest BCUT2D eigenvalue weighted by Gasteiger charge is -2.12. The van der Waals surface area contributed by atoms with E-state index in [1.165, 1.54) is 32.0 Å². The maximum atomic E-state index is 13.1. The molecule has 0 aliphatic heterocycles. The van der Waals surface area contributed by atoms with E-state index in [-0.39, 0.29) is 18.2 Å². The van der Waals surface area contributed by atoms with E-state index in [1.807, 2.05) is 0 Å². The average molecular weight is 503 g/mol. The number of thioether (sulfide) groups is 1. The number of methoxy groups -OCH3 is 2. The highest BCUT2D eigenvalue weighted by Gasteiger charge is 2.30. The molecule has 2 aromatic heterocycles. The normalized spacial score (nSPS) is 11.5. The van der Waals surface area contributed by atoms with Crippen LogP contribution in [0, 0.1) is 0 Å². The fourth-order valence-electron chi connectivity index (χ4n) is 3.43. The van der Waals surface area contributed by atoms with E-state index in [0.29, 0.717) is 39.1 Å². The predicted molar refractivity (Wildman–Crippen MR) is 127 cm³/mol. The Hall–Kier alpha value is -3.73. The number of hydrogen-bond acceptors (Lipinski definition) is 6. The van der Waals surface area contributed by atoms with Crippen molar-refractivity contribution in [3.05, 3.63) is 71.9 Å². The zero-order valence-electron chi connectivity index (χ0n) is 18.8. The molecule has 0 saturated carbocycles. The van der Waals surface area contributed by atoms with E-state index in [4.69, 9.17) is 9.47 Å². The van der Waals surface area contributed by atoms with Crippen LogP contribution >= 0.6 is 11.8 Å². The third-order valence-electron chi connectivity index (χ3n) is 5.06. The minimum Gasteiger partial charge on any atom is -0.493 e. The largest absolute Gasteiger partial charge is 0.493 e. The molecule has 1 amide bonds. The summed E-state index contributed by atoms with van der Waals surface area (Å²) in [6.45, 7) is -0.0905. The molecule has 35 heavy (non-hydrogen) atoms. The van der Waals surface area contributed by atoms with E-state index >= 15 is 0 Å². The van der Waals surface area contributed by atoms with Gasteiger partial charge in [0.05, 0.1) is 19.8 Å².